The van der Waals surface area contributed by atoms with Crippen molar-refractivity contribution in [1.82, 2.24) is 29.4 Å². The first-order valence-corrected chi connectivity index (χ1v) is 10.1. The van der Waals surface area contributed by atoms with E-state index in [-0.39, 0.29) is 11.8 Å². The van der Waals surface area contributed by atoms with Gasteiger partial charge in [0.2, 0.25) is 0 Å². The number of hydrogen-bond acceptors (Lipinski definition) is 5. The van der Waals surface area contributed by atoms with Gasteiger partial charge >= 0.3 is 0 Å². The summed E-state index contributed by atoms with van der Waals surface area (Å²) in [5.41, 5.74) is 6.44. The van der Waals surface area contributed by atoms with Gasteiger partial charge in [-0.3, -0.25) is 4.79 Å². The van der Waals surface area contributed by atoms with E-state index in [2.05, 4.69) is 26.8 Å². The summed E-state index contributed by atoms with van der Waals surface area (Å²) in [4.78, 5) is 19.4. The normalized spacial score (nSPS) is 26.3. The zero-order valence-corrected chi connectivity index (χ0v) is 16.0. The number of nitrogens with zero attached hydrogens (tertiary/aromatic N) is 6. The Morgan fingerprint density at radius 2 is 2.07 bits per heavy atom. The van der Waals surface area contributed by atoms with Crippen LogP contribution in [0.5, 0.6) is 0 Å². The van der Waals surface area contributed by atoms with Crippen molar-refractivity contribution in [1.29, 1.82) is 0 Å². The maximum absolute atomic E-state index is 13.0. The highest BCUT2D eigenvalue weighted by Gasteiger charge is 2.30. The van der Waals surface area contributed by atoms with E-state index >= 15 is 0 Å². The van der Waals surface area contributed by atoms with Crippen LogP contribution in [0.2, 0.25) is 0 Å². The van der Waals surface area contributed by atoms with Crippen molar-refractivity contribution in [3.05, 3.63) is 30.1 Å². The van der Waals surface area contributed by atoms with Gasteiger partial charge in [0.15, 0.2) is 5.69 Å². The number of hydrogen-bond donors (Lipinski definition) is 1. The Hall–Kier alpha value is -2.22. The van der Waals surface area contributed by atoms with E-state index < -0.39 is 0 Å². The van der Waals surface area contributed by atoms with Crippen LogP contribution in [0.25, 0.3) is 0 Å². The van der Waals surface area contributed by atoms with Crippen LogP contribution >= 0.6 is 0 Å². The third-order valence-corrected chi connectivity index (χ3v) is 6.01. The first-order valence-electron chi connectivity index (χ1n) is 10.1. The average molecular weight is 371 g/mol. The summed E-state index contributed by atoms with van der Waals surface area (Å²) in [5.74, 6) is 1.35. The molecule has 0 bridgehead atoms. The van der Waals surface area contributed by atoms with Crippen molar-refractivity contribution in [2.45, 2.75) is 70.0 Å². The Bertz CT molecular complexity index is 775. The molecule has 0 spiro atoms. The molecule has 1 unspecified atom stereocenters. The van der Waals surface area contributed by atoms with Gasteiger partial charge in [0, 0.05) is 44.0 Å². The van der Waals surface area contributed by atoms with E-state index in [1.54, 1.807) is 0 Å². The molecule has 4 rings (SSSR count). The average Bonchev–Trinajstić information content (AvgIpc) is 3.37. The Morgan fingerprint density at radius 1 is 1.26 bits per heavy atom. The molecular formula is C19H29N7O. The molecule has 8 nitrogen and oxygen atoms in total. The van der Waals surface area contributed by atoms with Crippen LogP contribution in [0.1, 0.15) is 73.7 Å². The maximum atomic E-state index is 13.0. The number of aromatic nitrogens is 5. The number of aryl methyl sites for hydroxylation is 1. The van der Waals surface area contributed by atoms with Crippen molar-refractivity contribution in [3.63, 3.8) is 0 Å². The molecule has 0 aromatic carbocycles. The number of imidazole rings is 1. The van der Waals surface area contributed by atoms with Gasteiger partial charge in [-0.15, -0.1) is 5.10 Å². The minimum absolute atomic E-state index is 0.0203. The van der Waals surface area contributed by atoms with Crippen LogP contribution in [0, 0.1) is 0 Å². The topological polar surface area (TPSA) is 94.9 Å². The molecule has 146 valence electrons. The summed E-state index contributed by atoms with van der Waals surface area (Å²) in [7, 11) is 0. The molecule has 1 saturated carbocycles. The molecule has 2 aliphatic rings. The van der Waals surface area contributed by atoms with Crippen LogP contribution in [-0.2, 0) is 6.54 Å². The molecule has 1 atom stereocenters. The first kappa shape index (κ1) is 18.2. The van der Waals surface area contributed by atoms with Crippen molar-refractivity contribution in [3.8, 4) is 0 Å². The predicted octanol–water partition coefficient (Wildman–Crippen LogP) is 1.96. The lowest BCUT2D eigenvalue weighted by Crippen LogP contribution is -2.40. The summed E-state index contributed by atoms with van der Waals surface area (Å²) in [6.45, 7) is 4.49. The Balaban J connectivity index is 1.43. The quantitative estimate of drug-likeness (QED) is 0.886. The van der Waals surface area contributed by atoms with Crippen LogP contribution in [0.15, 0.2) is 18.6 Å². The zero-order valence-electron chi connectivity index (χ0n) is 16.0. The third-order valence-electron chi connectivity index (χ3n) is 6.01. The molecule has 1 aliphatic carbocycles. The van der Waals surface area contributed by atoms with Crippen molar-refractivity contribution in [2.24, 2.45) is 5.73 Å². The molecule has 2 fully saturated rings. The first-order chi connectivity index (χ1) is 13.2. The van der Waals surface area contributed by atoms with Crippen LogP contribution in [0.3, 0.4) is 0 Å². The van der Waals surface area contributed by atoms with Gasteiger partial charge in [-0.05, 0) is 45.4 Å². The van der Waals surface area contributed by atoms with Crippen LogP contribution in [-0.4, -0.2) is 54.5 Å². The van der Waals surface area contributed by atoms with Gasteiger partial charge in [-0.25, -0.2) is 9.67 Å². The second-order valence-electron chi connectivity index (χ2n) is 7.81. The van der Waals surface area contributed by atoms with Gasteiger partial charge < -0.3 is 15.2 Å². The summed E-state index contributed by atoms with van der Waals surface area (Å²) < 4.78 is 4.03. The molecule has 2 N–H and O–H groups in total. The second kappa shape index (κ2) is 7.80. The molecule has 0 radical (unpaired) electrons. The van der Waals surface area contributed by atoms with Gasteiger partial charge in [-0.1, -0.05) is 5.21 Å². The van der Waals surface area contributed by atoms with E-state index in [1.807, 2.05) is 28.2 Å². The lowest BCUT2D eigenvalue weighted by atomic mass is 9.92. The van der Waals surface area contributed by atoms with E-state index in [0.29, 0.717) is 24.3 Å². The minimum atomic E-state index is -0.0203. The van der Waals surface area contributed by atoms with Gasteiger partial charge in [0.25, 0.3) is 5.91 Å². The van der Waals surface area contributed by atoms with E-state index in [4.69, 9.17) is 5.73 Å². The summed E-state index contributed by atoms with van der Waals surface area (Å²) in [6.07, 6.45) is 11.8. The van der Waals surface area contributed by atoms with Crippen molar-refractivity contribution < 1.29 is 4.79 Å². The van der Waals surface area contributed by atoms with Gasteiger partial charge in [0.1, 0.15) is 5.82 Å². The van der Waals surface area contributed by atoms with Gasteiger partial charge in [0.05, 0.1) is 12.2 Å². The maximum Gasteiger partial charge on any atom is 0.276 e. The zero-order chi connectivity index (χ0) is 18.8. The number of rotatable bonds is 4. The number of piperidine rings is 1. The number of amides is 1. The van der Waals surface area contributed by atoms with Gasteiger partial charge in [-0.2, -0.15) is 0 Å². The molecule has 1 saturated heterocycles. The standard InChI is InChI=1S/C19H29N7O/c1-2-24-11-9-21-18(24)14-4-3-10-25(12-14)19(27)17-13-26(23-22-17)16-7-5-15(20)6-8-16/h9,11,13-16H,2-8,10,12,20H2,1H3. The molecule has 3 heterocycles. The second-order valence-corrected chi connectivity index (χ2v) is 7.81. The fraction of sp³-hybridized carbons (Fsp3) is 0.684. The number of likely N-dealkylation sites (tertiary alicyclic amines) is 1. The largest absolute Gasteiger partial charge is 0.336 e. The fourth-order valence-corrected chi connectivity index (χ4v) is 4.40. The Morgan fingerprint density at radius 3 is 2.85 bits per heavy atom. The molecule has 1 aliphatic heterocycles. The third kappa shape index (κ3) is 3.76. The van der Waals surface area contributed by atoms with E-state index in [0.717, 1.165) is 57.4 Å². The van der Waals surface area contributed by atoms with E-state index in [1.165, 1.54) is 0 Å². The highest BCUT2D eigenvalue weighted by atomic mass is 16.2. The van der Waals surface area contributed by atoms with Crippen molar-refractivity contribution >= 4 is 5.91 Å². The highest BCUT2D eigenvalue weighted by molar-refractivity contribution is 5.92. The van der Waals surface area contributed by atoms with Crippen molar-refractivity contribution in [2.75, 3.05) is 13.1 Å². The Labute approximate surface area is 159 Å². The Kier molecular flexibility index (Phi) is 5.24. The smallest absolute Gasteiger partial charge is 0.276 e. The summed E-state index contributed by atoms with van der Waals surface area (Å²) in [5, 5.41) is 8.42. The molecule has 27 heavy (non-hydrogen) atoms. The fourth-order valence-electron chi connectivity index (χ4n) is 4.40. The molecule has 8 heteroatoms. The van der Waals surface area contributed by atoms with Crippen LogP contribution < -0.4 is 5.73 Å². The monoisotopic (exact) mass is 371 g/mol. The molecule has 2 aromatic rings. The number of nitrogens with two attached hydrogens (primary N) is 1. The lowest BCUT2D eigenvalue weighted by molar-refractivity contribution is 0.0697. The lowest BCUT2D eigenvalue weighted by Gasteiger charge is -2.32. The minimum Gasteiger partial charge on any atom is -0.336 e. The number of carbonyl (C=O) groups is 1. The predicted molar refractivity (Wildman–Crippen MR) is 101 cm³/mol. The SMILES string of the molecule is CCn1ccnc1C1CCCN(C(=O)c2cn(C3CCC(N)CC3)nn2)C1. The molecule has 1 amide bonds. The van der Waals surface area contributed by atoms with E-state index in [9.17, 15) is 4.79 Å². The molecular weight excluding hydrogens is 342 g/mol. The summed E-state index contributed by atoms with van der Waals surface area (Å²) in [6, 6.07) is 0.608. The number of carbonyl (C=O) groups excluding carboxylic acids is 1. The van der Waals surface area contributed by atoms with Crippen LogP contribution in [0.4, 0.5) is 0 Å². The highest BCUT2D eigenvalue weighted by Crippen LogP contribution is 2.28. The summed E-state index contributed by atoms with van der Waals surface area (Å²) >= 11 is 0. The molecule has 2 aromatic heterocycles.